The van der Waals surface area contributed by atoms with Gasteiger partial charge in [0, 0.05) is 6.07 Å². The third-order valence-electron chi connectivity index (χ3n) is 5.56. The lowest BCUT2D eigenvalue weighted by Crippen LogP contribution is -2.42. The molecular weight excluding hydrogens is 344 g/mol. The number of carbonyl (C=O) groups is 1. The zero-order valence-corrected chi connectivity index (χ0v) is 17.0. The fourth-order valence-electron chi connectivity index (χ4n) is 3.89. The Balaban J connectivity index is 2.16. The summed E-state index contributed by atoms with van der Waals surface area (Å²) >= 11 is 0. The Morgan fingerprint density at radius 3 is 2.48 bits per heavy atom. The van der Waals surface area contributed by atoms with Gasteiger partial charge in [0.25, 0.3) is 5.69 Å². The van der Waals surface area contributed by atoms with Crippen molar-refractivity contribution in [3.8, 4) is 0 Å². The summed E-state index contributed by atoms with van der Waals surface area (Å²) in [6, 6.07) is 5.76. The van der Waals surface area contributed by atoms with Crippen molar-refractivity contribution in [1.82, 2.24) is 0 Å². The van der Waals surface area contributed by atoms with Gasteiger partial charge in [-0.3, -0.25) is 10.1 Å². The number of anilines is 1. The van der Waals surface area contributed by atoms with Crippen molar-refractivity contribution in [3.63, 3.8) is 0 Å². The van der Waals surface area contributed by atoms with E-state index in [1.807, 2.05) is 13.8 Å². The average Bonchev–Trinajstić information content (AvgIpc) is 2.59. The smallest absolute Gasteiger partial charge is 0.329 e. The molecule has 0 saturated heterocycles. The average molecular weight is 376 g/mol. The molecule has 0 aliphatic heterocycles. The minimum atomic E-state index is -0.629. The number of nitro groups is 1. The molecule has 150 valence electrons. The molecule has 6 nitrogen and oxygen atoms in total. The molecule has 1 N–H and O–H groups in total. The third kappa shape index (κ3) is 5.44. The summed E-state index contributed by atoms with van der Waals surface area (Å²) in [5.74, 6) is 0.974. The minimum absolute atomic E-state index is 0.0395. The number of esters is 1. The second-order valence-corrected chi connectivity index (χ2v) is 8.44. The Hall–Kier alpha value is -2.11. The summed E-state index contributed by atoms with van der Waals surface area (Å²) < 4.78 is 5.96. The Morgan fingerprint density at radius 1 is 1.22 bits per heavy atom. The van der Waals surface area contributed by atoms with Crippen molar-refractivity contribution in [2.75, 3.05) is 5.32 Å². The zero-order chi connectivity index (χ0) is 20.1. The molecular formula is C21H32N2O4. The highest BCUT2D eigenvalue weighted by Gasteiger charge is 2.36. The molecule has 4 atom stereocenters. The highest BCUT2D eigenvalue weighted by atomic mass is 16.6. The lowest BCUT2D eigenvalue weighted by Gasteiger charge is -2.37. The molecule has 0 heterocycles. The number of carbonyl (C=O) groups excluding carboxylic acids is 1. The fraction of sp³-hybridized carbons (Fsp3) is 0.667. The van der Waals surface area contributed by atoms with Crippen LogP contribution in [0.2, 0.25) is 0 Å². The van der Waals surface area contributed by atoms with Crippen LogP contribution in [0.3, 0.4) is 0 Å². The van der Waals surface area contributed by atoms with E-state index < -0.39 is 11.0 Å². The first kappa shape index (κ1) is 21.2. The van der Waals surface area contributed by atoms with E-state index in [4.69, 9.17) is 4.74 Å². The molecule has 1 fully saturated rings. The van der Waals surface area contributed by atoms with Crippen LogP contribution in [0.4, 0.5) is 11.4 Å². The largest absolute Gasteiger partial charge is 0.461 e. The van der Waals surface area contributed by atoms with Gasteiger partial charge in [-0.25, -0.2) is 4.79 Å². The molecule has 0 amide bonds. The number of hydrogen-bond donors (Lipinski definition) is 1. The molecule has 0 radical (unpaired) electrons. The molecule has 2 rings (SSSR count). The Kier molecular flexibility index (Phi) is 7.22. The maximum absolute atomic E-state index is 13.0. The summed E-state index contributed by atoms with van der Waals surface area (Å²) in [6.45, 7) is 10.4. The van der Waals surface area contributed by atoms with E-state index >= 15 is 0 Å². The van der Waals surface area contributed by atoms with Gasteiger partial charge in [-0.05, 0) is 42.6 Å². The fourth-order valence-corrected chi connectivity index (χ4v) is 3.89. The van der Waals surface area contributed by atoms with Gasteiger partial charge in [0.2, 0.25) is 0 Å². The summed E-state index contributed by atoms with van der Waals surface area (Å²) in [6.07, 6.45) is 3.03. The minimum Gasteiger partial charge on any atom is -0.461 e. The maximum atomic E-state index is 13.0. The molecule has 1 aromatic carbocycles. The number of benzene rings is 1. The second kappa shape index (κ2) is 9.20. The van der Waals surface area contributed by atoms with E-state index in [1.165, 1.54) is 12.5 Å². The highest BCUT2D eigenvalue weighted by molar-refractivity contribution is 5.81. The lowest BCUT2D eigenvalue weighted by molar-refractivity contribution is -0.384. The number of nitro benzene ring substituents is 1. The van der Waals surface area contributed by atoms with Crippen molar-refractivity contribution >= 4 is 17.3 Å². The van der Waals surface area contributed by atoms with Gasteiger partial charge < -0.3 is 10.1 Å². The predicted octanol–water partition coefficient (Wildman–Crippen LogP) is 5.04. The standard InChI is InChI=1S/C21H32N2O4/c1-13(2)16-11-10-15(5)12-19(16)27-21(24)20(14(3)4)22-17-8-6-7-9-18(17)23(25)26/h6-9,13-16,19-20,22H,10-12H2,1-5H3/t15-,16+,19?,20-/m1/s1. The monoisotopic (exact) mass is 376 g/mol. The second-order valence-electron chi connectivity index (χ2n) is 8.44. The van der Waals surface area contributed by atoms with Crippen LogP contribution < -0.4 is 5.32 Å². The number of para-hydroxylation sites is 2. The number of nitrogens with zero attached hydrogens (tertiary/aromatic N) is 1. The van der Waals surface area contributed by atoms with Crippen LogP contribution in [0.1, 0.15) is 53.9 Å². The third-order valence-corrected chi connectivity index (χ3v) is 5.56. The Morgan fingerprint density at radius 2 is 1.89 bits per heavy atom. The lowest BCUT2D eigenvalue weighted by atomic mass is 9.75. The topological polar surface area (TPSA) is 81.5 Å². The van der Waals surface area contributed by atoms with Gasteiger partial charge in [-0.1, -0.05) is 53.2 Å². The number of rotatable bonds is 7. The number of ether oxygens (including phenoxy) is 1. The maximum Gasteiger partial charge on any atom is 0.329 e. The van der Waals surface area contributed by atoms with E-state index in [1.54, 1.807) is 18.2 Å². The normalized spacial score (nSPS) is 23.9. The summed E-state index contributed by atoms with van der Waals surface area (Å²) in [5, 5.41) is 14.3. The Bertz CT molecular complexity index is 659. The van der Waals surface area contributed by atoms with E-state index in [-0.39, 0.29) is 23.7 Å². The zero-order valence-electron chi connectivity index (χ0n) is 17.0. The van der Waals surface area contributed by atoms with Crippen LogP contribution in [0.5, 0.6) is 0 Å². The molecule has 1 unspecified atom stereocenters. The van der Waals surface area contributed by atoms with Crippen LogP contribution >= 0.6 is 0 Å². The molecule has 1 saturated carbocycles. The highest BCUT2D eigenvalue weighted by Crippen LogP contribution is 2.36. The van der Waals surface area contributed by atoms with Gasteiger partial charge in [0.05, 0.1) is 4.92 Å². The molecule has 0 aromatic heterocycles. The molecule has 0 spiro atoms. The van der Waals surface area contributed by atoms with Crippen molar-refractivity contribution in [2.24, 2.45) is 23.7 Å². The van der Waals surface area contributed by atoms with E-state index in [9.17, 15) is 14.9 Å². The van der Waals surface area contributed by atoms with Crippen LogP contribution in [-0.2, 0) is 9.53 Å². The van der Waals surface area contributed by atoms with Gasteiger partial charge in [0.1, 0.15) is 17.8 Å². The van der Waals surface area contributed by atoms with E-state index in [0.717, 1.165) is 12.8 Å². The molecule has 27 heavy (non-hydrogen) atoms. The molecule has 1 aliphatic carbocycles. The molecule has 1 aromatic rings. The number of hydrogen-bond acceptors (Lipinski definition) is 5. The SMILES string of the molecule is CC(C)[C@@H]1CC[C@@H](C)CC1OC(=O)[C@H](Nc1ccccc1[N+](=O)[O-])C(C)C. The first-order valence-electron chi connectivity index (χ1n) is 9.91. The first-order valence-corrected chi connectivity index (χ1v) is 9.91. The van der Waals surface area contributed by atoms with Gasteiger partial charge >= 0.3 is 5.97 Å². The molecule has 0 bridgehead atoms. The molecule has 6 heteroatoms. The van der Waals surface area contributed by atoms with E-state index in [0.29, 0.717) is 23.4 Å². The van der Waals surface area contributed by atoms with Gasteiger partial charge in [-0.15, -0.1) is 0 Å². The number of nitrogens with one attached hydrogen (secondary N) is 1. The van der Waals surface area contributed by atoms with Crippen molar-refractivity contribution in [3.05, 3.63) is 34.4 Å². The first-order chi connectivity index (χ1) is 12.7. The van der Waals surface area contributed by atoms with Crippen LogP contribution in [0.25, 0.3) is 0 Å². The van der Waals surface area contributed by atoms with Crippen molar-refractivity contribution in [1.29, 1.82) is 0 Å². The summed E-state index contributed by atoms with van der Waals surface area (Å²) in [5.41, 5.74) is 0.304. The van der Waals surface area contributed by atoms with Gasteiger partial charge in [-0.2, -0.15) is 0 Å². The quantitative estimate of drug-likeness (QED) is 0.410. The van der Waals surface area contributed by atoms with Crippen molar-refractivity contribution < 1.29 is 14.5 Å². The predicted molar refractivity (Wildman–Crippen MR) is 107 cm³/mol. The van der Waals surface area contributed by atoms with Crippen molar-refractivity contribution in [2.45, 2.75) is 66.0 Å². The van der Waals surface area contributed by atoms with Crippen LogP contribution in [-0.4, -0.2) is 23.0 Å². The van der Waals surface area contributed by atoms with E-state index in [2.05, 4.69) is 26.1 Å². The van der Waals surface area contributed by atoms with Gasteiger partial charge in [0.15, 0.2) is 0 Å². The molecule has 1 aliphatic rings. The Labute approximate surface area is 161 Å². The van der Waals surface area contributed by atoms with Crippen LogP contribution in [0, 0.1) is 33.8 Å². The van der Waals surface area contributed by atoms with Crippen LogP contribution in [0.15, 0.2) is 24.3 Å². The summed E-state index contributed by atoms with van der Waals surface area (Å²) in [7, 11) is 0. The summed E-state index contributed by atoms with van der Waals surface area (Å²) in [4.78, 5) is 23.8.